The quantitative estimate of drug-likeness (QED) is 0.563. The number of rotatable bonds is 5. The number of hydrogen-bond donors (Lipinski definition) is 0. The SMILES string of the molecule is CCc1ccc(C2=CCCCC2)c(CCF)c1C1CCCCC1. The first-order valence-electron chi connectivity index (χ1n) is 9.75. The van der Waals surface area contributed by atoms with Crippen LogP contribution >= 0.6 is 0 Å². The lowest BCUT2D eigenvalue weighted by Crippen LogP contribution is -2.13. The summed E-state index contributed by atoms with van der Waals surface area (Å²) >= 11 is 0. The number of allylic oxidation sites excluding steroid dienone is 2. The van der Waals surface area contributed by atoms with Gasteiger partial charge >= 0.3 is 0 Å². The molecular weight excluding hydrogens is 283 g/mol. The van der Waals surface area contributed by atoms with Crippen LogP contribution in [0, 0.1) is 0 Å². The van der Waals surface area contributed by atoms with Gasteiger partial charge in [0.1, 0.15) is 0 Å². The van der Waals surface area contributed by atoms with Crippen LogP contribution in [0.3, 0.4) is 0 Å². The fraction of sp³-hybridized carbons (Fsp3) is 0.636. The van der Waals surface area contributed by atoms with Gasteiger partial charge in [0, 0.05) is 6.42 Å². The van der Waals surface area contributed by atoms with E-state index in [1.165, 1.54) is 85.6 Å². The molecule has 126 valence electrons. The lowest BCUT2D eigenvalue weighted by molar-refractivity contribution is 0.436. The molecule has 0 aromatic heterocycles. The first-order chi connectivity index (χ1) is 11.3. The second kappa shape index (κ2) is 8.13. The lowest BCUT2D eigenvalue weighted by Gasteiger charge is -2.29. The van der Waals surface area contributed by atoms with Crippen LogP contribution < -0.4 is 0 Å². The summed E-state index contributed by atoms with van der Waals surface area (Å²) in [6.45, 7) is 2.02. The first-order valence-corrected chi connectivity index (χ1v) is 9.75. The molecule has 0 nitrogen and oxygen atoms in total. The summed E-state index contributed by atoms with van der Waals surface area (Å²) < 4.78 is 13.4. The molecule has 1 aromatic rings. The summed E-state index contributed by atoms with van der Waals surface area (Å²) in [6.07, 6.45) is 15.7. The molecule has 1 fully saturated rings. The van der Waals surface area contributed by atoms with Crippen LogP contribution in [-0.2, 0) is 12.8 Å². The molecule has 3 rings (SSSR count). The Morgan fingerprint density at radius 3 is 2.52 bits per heavy atom. The normalized spacial score (nSPS) is 19.7. The van der Waals surface area contributed by atoms with Gasteiger partial charge in [-0.2, -0.15) is 0 Å². The number of halogens is 1. The van der Waals surface area contributed by atoms with E-state index in [1.54, 1.807) is 0 Å². The van der Waals surface area contributed by atoms with Crippen molar-refractivity contribution in [3.8, 4) is 0 Å². The molecule has 1 aromatic carbocycles. The fourth-order valence-corrected chi connectivity index (χ4v) is 4.67. The summed E-state index contributed by atoms with van der Waals surface area (Å²) in [5.74, 6) is 0.671. The van der Waals surface area contributed by atoms with Crippen molar-refractivity contribution in [2.75, 3.05) is 6.67 Å². The number of aryl methyl sites for hydroxylation is 1. The van der Waals surface area contributed by atoms with E-state index in [0.29, 0.717) is 12.3 Å². The molecule has 2 aliphatic carbocycles. The Morgan fingerprint density at radius 2 is 1.87 bits per heavy atom. The van der Waals surface area contributed by atoms with Crippen LogP contribution in [0.5, 0.6) is 0 Å². The van der Waals surface area contributed by atoms with Gasteiger partial charge in [-0.05, 0) is 78.7 Å². The highest BCUT2D eigenvalue weighted by Crippen LogP contribution is 2.40. The van der Waals surface area contributed by atoms with Crippen molar-refractivity contribution < 1.29 is 4.39 Å². The number of benzene rings is 1. The van der Waals surface area contributed by atoms with Crippen molar-refractivity contribution in [1.82, 2.24) is 0 Å². The molecule has 0 heterocycles. The van der Waals surface area contributed by atoms with Crippen LogP contribution in [-0.4, -0.2) is 6.67 Å². The van der Waals surface area contributed by atoms with Gasteiger partial charge in [-0.1, -0.05) is 44.4 Å². The summed E-state index contributed by atoms with van der Waals surface area (Å²) in [5, 5.41) is 0. The van der Waals surface area contributed by atoms with Gasteiger partial charge in [-0.15, -0.1) is 0 Å². The van der Waals surface area contributed by atoms with Gasteiger partial charge in [-0.25, -0.2) is 0 Å². The monoisotopic (exact) mass is 314 g/mol. The summed E-state index contributed by atoms with van der Waals surface area (Å²) in [5.41, 5.74) is 7.22. The molecule has 0 bridgehead atoms. The Morgan fingerprint density at radius 1 is 1.04 bits per heavy atom. The van der Waals surface area contributed by atoms with Gasteiger partial charge in [0.05, 0.1) is 6.67 Å². The maximum atomic E-state index is 13.4. The summed E-state index contributed by atoms with van der Waals surface area (Å²) in [6, 6.07) is 4.64. The third kappa shape index (κ3) is 3.70. The molecule has 0 unspecified atom stereocenters. The minimum absolute atomic E-state index is 0.229. The number of alkyl halides is 1. The first kappa shape index (κ1) is 16.7. The lowest BCUT2D eigenvalue weighted by atomic mass is 9.76. The molecule has 0 atom stereocenters. The van der Waals surface area contributed by atoms with Crippen LogP contribution in [0.1, 0.15) is 92.9 Å². The topological polar surface area (TPSA) is 0 Å². The van der Waals surface area contributed by atoms with E-state index in [-0.39, 0.29) is 6.67 Å². The summed E-state index contributed by atoms with van der Waals surface area (Å²) in [7, 11) is 0. The minimum Gasteiger partial charge on any atom is -0.251 e. The molecule has 23 heavy (non-hydrogen) atoms. The fourth-order valence-electron chi connectivity index (χ4n) is 4.67. The predicted octanol–water partition coefficient (Wildman–Crippen LogP) is 6.77. The second-order valence-electron chi connectivity index (χ2n) is 7.27. The zero-order valence-corrected chi connectivity index (χ0v) is 14.7. The molecule has 2 aliphatic rings. The highest BCUT2D eigenvalue weighted by Gasteiger charge is 2.24. The highest BCUT2D eigenvalue weighted by atomic mass is 19.1. The Kier molecular flexibility index (Phi) is 5.91. The van der Waals surface area contributed by atoms with E-state index in [4.69, 9.17) is 0 Å². The maximum Gasteiger partial charge on any atom is 0.0935 e. The molecule has 0 radical (unpaired) electrons. The molecule has 0 saturated heterocycles. The molecular formula is C22H31F. The van der Waals surface area contributed by atoms with Crippen LogP contribution in [0.2, 0.25) is 0 Å². The van der Waals surface area contributed by atoms with Crippen LogP contribution in [0.15, 0.2) is 18.2 Å². The second-order valence-corrected chi connectivity index (χ2v) is 7.27. The molecule has 0 amide bonds. The van der Waals surface area contributed by atoms with Crippen molar-refractivity contribution in [2.24, 2.45) is 0 Å². The van der Waals surface area contributed by atoms with Gasteiger partial charge in [0.2, 0.25) is 0 Å². The molecule has 1 heteroatoms. The van der Waals surface area contributed by atoms with E-state index >= 15 is 0 Å². The standard InChI is InChI=1S/C22H31F/c1-2-17-13-14-20(18-9-5-3-6-10-18)21(15-16-23)22(17)19-11-7-4-8-12-19/h9,13-14,19H,2-8,10-12,15-16H2,1H3. The van der Waals surface area contributed by atoms with Gasteiger partial charge < -0.3 is 0 Å². The average molecular weight is 314 g/mol. The van der Waals surface area contributed by atoms with Crippen molar-refractivity contribution >= 4 is 5.57 Å². The molecule has 0 N–H and O–H groups in total. The van der Waals surface area contributed by atoms with Crippen LogP contribution in [0.25, 0.3) is 5.57 Å². The molecule has 1 saturated carbocycles. The van der Waals surface area contributed by atoms with E-state index in [0.717, 1.165) is 6.42 Å². The Labute approximate surface area is 141 Å². The highest BCUT2D eigenvalue weighted by molar-refractivity contribution is 5.71. The summed E-state index contributed by atoms with van der Waals surface area (Å²) in [4.78, 5) is 0. The van der Waals surface area contributed by atoms with Crippen molar-refractivity contribution in [3.05, 3.63) is 40.5 Å². The average Bonchev–Trinajstić information content (AvgIpc) is 2.63. The zero-order chi connectivity index (χ0) is 16.1. The van der Waals surface area contributed by atoms with E-state index < -0.39 is 0 Å². The maximum absolute atomic E-state index is 13.4. The third-order valence-corrected chi connectivity index (χ3v) is 5.82. The van der Waals surface area contributed by atoms with E-state index in [9.17, 15) is 4.39 Å². The van der Waals surface area contributed by atoms with E-state index in [1.807, 2.05) is 0 Å². The van der Waals surface area contributed by atoms with Gasteiger partial charge in [0.25, 0.3) is 0 Å². The van der Waals surface area contributed by atoms with Gasteiger partial charge in [-0.3, -0.25) is 4.39 Å². The van der Waals surface area contributed by atoms with Crippen molar-refractivity contribution in [3.63, 3.8) is 0 Å². The third-order valence-electron chi connectivity index (χ3n) is 5.82. The zero-order valence-electron chi connectivity index (χ0n) is 14.7. The number of hydrogen-bond acceptors (Lipinski definition) is 0. The van der Waals surface area contributed by atoms with Crippen molar-refractivity contribution in [2.45, 2.75) is 83.5 Å². The Balaban J connectivity index is 2.07. The Hall–Kier alpha value is -1.11. The molecule has 0 aliphatic heterocycles. The largest absolute Gasteiger partial charge is 0.251 e. The smallest absolute Gasteiger partial charge is 0.0935 e. The minimum atomic E-state index is -0.229. The van der Waals surface area contributed by atoms with Gasteiger partial charge in [0.15, 0.2) is 0 Å². The Bertz CT molecular complexity index is 549. The van der Waals surface area contributed by atoms with E-state index in [2.05, 4.69) is 25.1 Å². The predicted molar refractivity (Wildman–Crippen MR) is 97.8 cm³/mol. The van der Waals surface area contributed by atoms with Crippen LogP contribution in [0.4, 0.5) is 4.39 Å². The molecule has 0 spiro atoms. The van der Waals surface area contributed by atoms with Crippen molar-refractivity contribution in [1.29, 1.82) is 0 Å².